The lowest BCUT2D eigenvalue weighted by Gasteiger charge is -2.24. The van der Waals surface area contributed by atoms with Crippen LogP contribution in [0.15, 0.2) is 5.16 Å². The summed E-state index contributed by atoms with van der Waals surface area (Å²) >= 11 is 0. The Labute approximate surface area is 90.2 Å². The molecule has 1 saturated heterocycles. The molecule has 0 spiro atoms. The van der Waals surface area contributed by atoms with E-state index in [9.17, 15) is 0 Å². The van der Waals surface area contributed by atoms with E-state index in [-0.39, 0.29) is 18.0 Å². The van der Waals surface area contributed by atoms with E-state index < -0.39 is 0 Å². The van der Waals surface area contributed by atoms with Crippen LogP contribution in [0.25, 0.3) is 0 Å². The second-order valence-corrected chi connectivity index (χ2v) is 3.93. The van der Waals surface area contributed by atoms with E-state index >= 15 is 0 Å². The van der Waals surface area contributed by atoms with Gasteiger partial charge < -0.3 is 20.4 Å². The van der Waals surface area contributed by atoms with Crippen LogP contribution < -0.4 is 5.73 Å². The maximum absolute atomic E-state index is 8.38. The smallest absolute Gasteiger partial charge is 0.141 e. The van der Waals surface area contributed by atoms with Crippen molar-refractivity contribution in [2.75, 3.05) is 13.2 Å². The summed E-state index contributed by atoms with van der Waals surface area (Å²) in [5, 5.41) is 11.3. The van der Waals surface area contributed by atoms with Crippen LogP contribution in [0, 0.1) is 0 Å². The molecular weight excluding hydrogens is 196 g/mol. The number of amidine groups is 1. The summed E-state index contributed by atoms with van der Waals surface area (Å²) in [4.78, 5) is 0. The van der Waals surface area contributed by atoms with Gasteiger partial charge in [0.15, 0.2) is 0 Å². The first-order chi connectivity index (χ1) is 7.22. The van der Waals surface area contributed by atoms with Crippen LogP contribution in [0.1, 0.15) is 32.6 Å². The fourth-order valence-corrected chi connectivity index (χ4v) is 1.60. The summed E-state index contributed by atoms with van der Waals surface area (Å²) in [6.45, 7) is 3.34. The number of rotatable bonds is 5. The van der Waals surface area contributed by atoms with Crippen LogP contribution in [0.2, 0.25) is 0 Å². The molecule has 2 atom stereocenters. The molecule has 5 nitrogen and oxygen atoms in total. The summed E-state index contributed by atoms with van der Waals surface area (Å²) in [5.41, 5.74) is 5.37. The Kier molecular flexibility index (Phi) is 5.42. The van der Waals surface area contributed by atoms with Gasteiger partial charge in [-0.2, -0.15) is 0 Å². The third-order valence-corrected chi connectivity index (χ3v) is 2.47. The van der Waals surface area contributed by atoms with E-state index in [0.29, 0.717) is 13.0 Å². The quantitative estimate of drug-likeness (QED) is 0.312. The molecule has 1 fully saturated rings. The number of nitrogens with zero attached hydrogens (tertiary/aromatic N) is 1. The van der Waals surface area contributed by atoms with Gasteiger partial charge in [0.2, 0.25) is 0 Å². The summed E-state index contributed by atoms with van der Waals surface area (Å²) in [5.74, 6) is 0.201. The second-order valence-electron chi connectivity index (χ2n) is 3.93. The molecule has 2 unspecified atom stereocenters. The lowest BCUT2D eigenvalue weighted by atomic mass is 10.1. The molecule has 0 aromatic carbocycles. The topological polar surface area (TPSA) is 77.1 Å². The molecule has 1 heterocycles. The zero-order chi connectivity index (χ0) is 11.1. The largest absolute Gasteiger partial charge is 0.409 e. The summed E-state index contributed by atoms with van der Waals surface area (Å²) in [6.07, 6.45) is 4.05. The summed E-state index contributed by atoms with van der Waals surface area (Å²) in [7, 11) is 0. The molecule has 0 saturated carbocycles. The highest BCUT2D eigenvalue weighted by Gasteiger charge is 2.15. The highest BCUT2D eigenvalue weighted by atomic mass is 16.5. The maximum Gasteiger partial charge on any atom is 0.141 e. The SMILES string of the molecule is CC(CC(N)=NO)OCC1CCCCO1. The average molecular weight is 216 g/mol. The lowest BCUT2D eigenvalue weighted by Crippen LogP contribution is -2.28. The van der Waals surface area contributed by atoms with Crippen molar-refractivity contribution < 1.29 is 14.7 Å². The molecule has 0 amide bonds. The minimum absolute atomic E-state index is 0.0357. The van der Waals surface area contributed by atoms with Gasteiger partial charge in [-0.25, -0.2) is 0 Å². The van der Waals surface area contributed by atoms with Gasteiger partial charge in [-0.1, -0.05) is 5.16 Å². The zero-order valence-corrected chi connectivity index (χ0v) is 9.19. The van der Waals surface area contributed by atoms with Gasteiger partial charge in [0, 0.05) is 13.0 Å². The fourth-order valence-electron chi connectivity index (χ4n) is 1.60. The number of hydrogen-bond donors (Lipinski definition) is 2. The first kappa shape index (κ1) is 12.3. The van der Waals surface area contributed by atoms with E-state index in [4.69, 9.17) is 20.4 Å². The van der Waals surface area contributed by atoms with E-state index in [1.165, 1.54) is 6.42 Å². The molecule has 88 valence electrons. The van der Waals surface area contributed by atoms with Gasteiger partial charge in [-0.3, -0.25) is 0 Å². The Morgan fingerprint density at radius 1 is 1.67 bits per heavy atom. The first-order valence-corrected chi connectivity index (χ1v) is 5.42. The maximum atomic E-state index is 8.38. The number of oxime groups is 1. The van der Waals surface area contributed by atoms with Gasteiger partial charge in [0.1, 0.15) is 5.84 Å². The van der Waals surface area contributed by atoms with Crippen molar-refractivity contribution in [3.8, 4) is 0 Å². The molecule has 0 aromatic heterocycles. The van der Waals surface area contributed by atoms with Crippen molar-refractivity contribution in [1.29, 1.82) is 0 Å². The number of nitrogens with two attached hydrogens (primary N) is 1. The Bertz CT molecular complexity index is 203. The van der Waals surface area contributed by atoms with E-state index in [1.54, 1.807) is 0 Å². The monoisotopic (exact) mass is 216 g/mol. The van der Waals surface area contributed by atoms with Crippen LogP contribution in [0.3, 0.4) is 0 Å². The second kappa shape index (κ2) is 6.63. The Balaban J connectivity index is 2.12. The average Bonchev–Trinajstić information content (AvgIpc) is 2.27. The van der Waals surface area contributed by atoms with Crippen molar-refractivity contribution in [2.24, 2.45) is 10.9 Å². The van der Waals surface area contributed by atoms with Crippen molar-refractivity contribution in [3.63, 3.8) is 0 Å². The van der Waals surface area contributed by atoms with Crippen LogP contribution in [-0.4, -0.2) is 36.5 Å². The summed E-state index contributed by atoms with van der Waals surface area (Å²) < 4.78 is 11.1. The molecule has 0 aromatic rings. The molecule has 15 heavy (non-hydrogen) atoms. The Hall–Kier alpha value is -0.810. The highest BCUT2D eigenvalue weighted by Crippen LogP contribution is 2.13. The van der Waals surface area contributed by atoms with Gasteiger partial charge >= 0.3 is 0 Å². The molecule has 1 rings (SSSR count). The first-order valence-electron chi connectivity index (χ1n) is 5.42. The standard InChI is InChI=1S/C10H20N2O3/c1-8(6-10(11)12-13)15-7-9-4-2-3-5-14-9/h8-9,13H,2-7H2,1H3,(H2,11,12). The molecule has 1 aliphatic rings. The summed E-state index contributed by atoms with van der Waals surface area (Å²) in [6, 6.07) is 0. The predicted molar refractivity (Wildman–Crippen MR) is 57.0 cm³/mol. The number of ether oxygens (including phenoxy) is 2. The normalized spacial score (nSPS) is 25.1. The van der Waals surface area contributed by atoms with Gasteiger partial charge in [0.05, 0.1) is 18.8 Å². The van der Waals surface area contributed by atoms with Crippen molar-refractivity contribution in [1.82, 2.24) is 0 Å². The predicted octanol–water partition coefficient (Wildman–Crippen LogP) is 1.10. The molecule has 5 heteroatoms. The Morgan fingerprint density at radius 3 is 3.07 bits per heavy atom. The van der Waals surface area contributed by atoms with E-state index in [0.717, 1.165) is 19.4 Å². The van der Waals surface area contributed by atoms with E-state index in [2.05, 4.69) is 5.16 Å². The molecule has 0 radical (unpaired) electrons. The van der Waals surface area contributed by atoms with Crippen LogP contribution >= 0.6 is 0 Å². The van der Waals surface area contributed by atoms with E-state index in [1.807, 2.05) is 6.92 Å². The minimum Gasteiger partial charge on any atom is -0.409 e. The van der Waals surface area contributed by atoms with Gasteiger partial charge in [-0.05, 0) is 26.2 Å². The van der Waals surface area contributed by atoms with Crippen molar-refractivity contribution in [3.05, 3.63) is 0 Å². The molecule has 1 aliphatic heterocycles. The van der Waals surface area contributed by atoms with Crippen LogP contribution in [0.4, 0.5) is 0 Å². The number of hydrogen-bond acceptors (Lipinski definition) is 4. The van der Waals surface area contributed by atoms with Crippen molar-refractivity contribution in [2.45, 2.75) is 44.8 Å². The molecule has 0 aliphatic carbocycles. The molecule has 3 N–H and O–H groups in total. The third-order valence-electron chi connectivity index (χ3n) is 2.47. The van der Waals surface area contributed by atoms with Crippen LogP contribution in [0.5, 0.6) is 0 Å². The highest BCUT2D eigenvalue weighted by molar-refractivity contribution is 5.79. The minimum atomic E-state index is -0.0357. The Morgan fingerprint density at radius 2 is 2.47 bits per heavy atom. The lowest BCUT2D eigenvalue weighted by molar-refractivity contribution is -0.0575. The van der Waals surface area contributed by atoms with Gasteiger partial charge in [-0.15, -0.1) is 0 Å². The molecular formula is C10H20N2O3. The van der Waals surface area contributed by atoms with Crippen LogP contribution in [-0.2, 0) is 9.47 Å². The zero-order valence-electron chi connectivity index (χ0n) is 9.19. The van der Waals surface area contributed by atoms with Crippen molar-refractivity contribution >= 4 is 5.84 Å². The van der Waals surface area contributed by atoms with Gasteiger partial charge in [0.25, 0.3) is 0 Å². The molecule has 0 bridgehead atoms. The fraction of sp³-hybridized carbons (Fsp3) is 0.900. The third kappa shape index (κ3) is 4.99.